The van der Waals surface area contributed by atoms with Crippen LogP contribution < -0.4 is 5.32 Å². The first kappa shape index (κ1) is 14.7. The van der Waals surface area contributed by atoms with E-state index in [0.29, 0.717) is 18.3 Å². The van der Waals surface area contributed by atoms with E-state index in [4.69, 9.17) is 4.42 Å². The third-order valence-electron chi connectivity index (χ3n) is 4.29. The largest absolute Gasteiger partial charge is 0.419 e. The number of hydrogen-bond donors (Lipinski definition) is 1. The summed E-state index contributed by atoms with van der Waals surface area (Å²) in [5.41, 5.74) is 0.931. The van der Waals surface area contributed by atoms with Crippen molar-refractivity contribution >= 4 is 15.9 Å². The zero-order valence-corrected chi connectivity index (χ0v) is 13.8. The lowest BCUT2D eigenvalue weighted by Crippen LogP contribution is -2.24. The predicted octanol–water partition coefficient (Wildman–Crippen LogP) is 4.02. The summed E-state index contributed by atoms with van der Waals surface area (Å²) in [5.74, 6) is 2.83. The van der Waals surface area contributed by atoms with Gasteiger partial charge in [-0.1, -0.05) is 31.9 Å². The van der Waals surface area contributed by atoms with Gasteiger partial charge < -0.3 is 9.73 Å². The molecule has 4 nitrogen and oxygen atoms in total. The molecule has 21 heavy (non-hydrogen) atoms. The zero-order chi connectivity index (χ0) is 14.7. The molecule has 0 saturated heterocycles. The van der Waals surface area contributed by atoms with Gasteiger partial charge in [-0.3, -0.25) is 0 Å². The fourth-order valence-corrected chi connectivity index (χ4v) is 3.41. The van der Waals surface area contributed by atoms with Crippen LogP contribution in [0, 0.1) is 11.8 Å². The molecular formula is C16H20BrN3O. The molecule has 2 aromatic rings. The molecule has 2 atom stereocenters. The molecule has 1 aliphatic carbocycles. The van der Waals surface area contributed by atoms with Gasteiger partial charge in [0.2, 0.25) is 11.8 Å². The van der Waals surface area contributed by atoms with Crippen molar-refractivity contribution < 1.29 is 4.42 Å². The van der Waals surface area contributed by atoms with Gasteiger partial charge in [-0.15, -0.1) is 10.2 Å². The second-order valence-corrected chi connectivity index (χ2v) is 6.63. The Morgan fingerprint density at radius 2 is 2.14 bits per heavy atom. The van der Waals surface area contributed by atoms with Crippen molar-refractivity contribution in [2.45, 2.75) is 32.7 Å². The van der Waals surface area contributed by atoms with E-state index in [9.17, 15) is 0 Å². The van der Waals surface area contributed by atoms with Crippen LogP contribution in [0.2, 0.25) is 0 Å². The second kappa shape index (κ2) is 6.71. The van der Waals surface area contributed by atoms with E-state index in [-0.39, 0.29) is 0 Å². The van der Waals surface area contributed by atoms with Crippen LogP contribution in [0.4, 0.5) is 0 Å². The number of aromatic nitrogens is 2. The maximum Gasteiger partial charge on any atom is 0.248 e. The molecule has 0 bridgehead atoms. The highest BCUT2D eigenvalue weighted by molar-refractivity contribution is 9.10. The van der Waals surface area contributed by atoms with Gasteiger partial charge in [0.05, 0.1) is 12.1 Å². The maximum atomic E-state index is 5.73. The van der Waals surface area contributed by atoms with Crippen LogP contribution in [-0.2, 0) is 6.54 Å². The van der Waals surface area contributed by atoms with Crippen molar-refractivity contribution in [1.29, 1.82) is 0 Å². The molecule has 1 saturated carbocycles. The van der Waals surface area contributed by atoms with Gasteiger partial charge in [0.1, 0.15) is 0 Å². The summed E-state index contributed by atoms with van der Waals surface area (Å²) in [7, 11) is 0. The number of halogens is 1. The summed E-state index contributed by atoms with van der Waals surface area (Å²) >= 11 is 3.50. The fraction of sp³-hybridized carbons (Fsp3) is 0.500. The minimum absolute atomic E-state index is 0.563. The van der Waals surface area contributed by atoms with Crippen molar-refractivity contribution in [2.75, 3.05) is 6.54 Å². The first-order valence-electron chi connectivity index (χ1n) is 7.52. The van der Waals surface area contributed by atoms with Crippen molar-refractivity contribution in [3.8, 4) is 11.5 Å². The molecule has 1 aliphatic rings. The Morgan fingerprint density at radius 1 is 1.29 bits per heavy atom. The van der Waals surface area contributed by atoms with Gasteiger partial charge in [-0.05, 0) is 52.9 Å². The van der Waals surface area contributed by atoms with E-state index in [1.807, 2.05) is 24.3 Å². The monoisotopic (exact) mass is 349 g/mol. The molecule has 1 heterocycles. The van der Waals surface area contributed by atoms with Crippen molar-refractivity contribution in [2.24, 2.45) is 11.8 Å². The average molecular weight is 350 g/mol. The third kappa shape index (κ3) is 3.52. The molecule has 1 aromatic heterocycles. The van der Waals surface area contributed by atoms with Crippen LogP contribution in [0.15, 0.2) is 33.2 Å². The summed E-state index contributed by atoms with van der Waals surface area (Å²) in [6.07, 6.45) is 4.06. The quantitative estimate of drug-likeness (QED) is 0.885. The summed E-state index contributed by atoms with van der Waals surface area (Å²) in [6.45, 7) is 4.02. The highest BCUT2D eigenvalue weighted by Crippen LogP contribution is 2.30. The summed E-state index contributed by atoms with van der Waals surface area (Å²) in [6, 6.07) is 7.87. The van der Waals surface area contributed by atoms with Crippen LogP contribution >= 0.6 is 15.9 Å². The van der Waals surface area contributed by atoms with E-state index in [1.165, 1.54) is 19.3 Å². The number of rotatable bonds is 5. The lowest BCUT2D eigenvalue weighted by atomic mass is 9.98. The SMILES string of the molecule is CC1CCCC1CNCc1nnc(-c2ccccc2Br)o1. The van der Waals surface area contributed by atoms with Crippen LogP contribution in [0.3, 0.4) is 0 Å². The van der Waals surface area contributed by atoms with E-state index < -0.39 is 0 Å². The van der Waals surface area contributed by atoms with Crippen LogP contribution in [0.1, 0.15) is 32.1 Å². The highest BCUT2D eigenvalue weighted by atomic mass is 79.9. The minimum Gasteiger partial charge on any atom is -0.419 e. The van der Waals surface area contributed by atoms with Gasteiger partial charge in [0, 0.05) is 4.47 Å². The molecule has 0 aliphatic heterocycles. The number of nitrogens with zero attached hydrogens (tertiary/aromatic N) is 2. The summed E-state index contributed by atoms with van der Waals surface area (Å²) in [5, 5.41) is 11.7. The maximum absolute atomic E-state index is 5.73. The number of benzene rings is 1. The average Bonchev–Trinajstić information content (AvgIpc) is 3.10. The lowest BCUT2D eigenvalue weighted by Gasteiger charge is -2.14. The van der Waals surface area contributed by atoms with Gasteiger partial charge in [-0.25, -0.2) is 0 Å². The highest BCUT2D eigenvalue weighted by Gasteiger charge is 2.22. The van der Waals surface area contributed by atoms with E-state index in [1.54, 1.807) is 0 Å². The Bertz CT molecular complexity index is 599. The Kier molecular flexibility index (Phi) is 4.70. The van der Waals surface area contributed by atoms with Crippen LogP contribution in [-0.4, -0.2) is 16.7 Å². The predicted molar refractivity (Wildman–Crippen MR) is 85.6 cm³/mol. The topological polar surface area (TPSA) is 51.0 Å². The molecule has 1 aromatic carbocycles. The molecule has 3 rings (SSSR count). The number of hydrogen-bond acceptors (Lipinski definition) is 4. The Balaban J connectivity index is 1.57. The number of nitrogens with one attached hydrogen (secondary N) is 1. The molecular weight excluding hydrogens is 330 g/mol. The first-order chi connectivity index (χ1) is 10.2. The smallest absolute Gasteiger partial charge is 0.248 e. The Labute approximate surface area is 133 Å². The molecule has 0 spiro atoms. The van der Waals surface area contributed by atoms with Gasteiger partial charge in [-0.2, -0.15) is 0 Å². The zero-order valence-electron chi connectivity index (χ0n) is 12.2. The molecule has 1 N–H and O–H groups in total. The summed E-state index contributed by atoms with van der Waals surface area (Å²) < 4.78 is 6.69. The van der Waals surface area contributed by atoms with Crippen molar-refractivity contribution in [3.05, 3.63) is 34.6 Å². The Morgan fingerprint density at radius 3 is 2.90 bits per heavy atom. The van der Waals surface area contributed by atoms with Gasteiger partial charge in [0.15, 0.2) is 0 Å². The van der Waals surface area contributed by atoms with Gasteiger partial charge in [0.25, 0.3) is 0 Å². The third-order valence-corrected chi connectivity index (χ3v) is 4.98. The molecule has 5 heteroatoms. The lowest BCUT2D eigenvalue weighted by molar-refractivity contribution is 0.378. The van der Waals surface area contributed by atoms with Crippen LogP contribution in [0.5, 0.6) is 0 Å². The minimum atomic E-state index is 0.563. The fourth-order valence-electron chi connectivity index (χ4n) is 2.96. The molecule has 0 amide bonds. The molecule has 0 radical (unpaired) electrons. The van der Waals surface area contributed by atoms with E-state index >= 15 is 0 Å². The Hall–Kier alpha value is -1.20. The van der Waals surface area contributed by atoms with Crippen molar-refractivity contribution in [3.63, 3.8) is 0 Å². The first-order valence-corrected chi connectivity index (χ1v) is 8.31. The molecule has 112 valence electrons. The summed E-state index contributed by atoms with van der Waals surface area (Å²) in [4.78, 5) is 0. The second-order valence-electron chi connectivity index (χ2n) is 5.78. The van der Waals surface area contributed by atoms with Crippen LogP contribution in [0.25, 0.3) is 11.5 Å². The van der Waals surface area contributed by atoms with Gasteiger partial charge >= 0.3 is 0 Å². The van der Waals surface area contributed by atoms with Crippen molar-refractivity contribution in [1.82, 2.24) is 15.5 Å². The normalized spacial score (nSPS) is 21.8. The standard InChI is InChI=1S/C16H20BrN3O/c1-11-5-4-6-12(11)9-18-10-15-19-20-16(21-15)13-7-2-3-8-14(13)17/h2-3,7-8,11-12,18H,4-6,9-10H2,1H3. The van der Waals surface area contributed by atoms with E-state index in [0.717, 1.165) is 28.4 Å². The molecule has 1 fully saturated rings. The molecule has 2 unspecified atom stereocenters. The van der Waals surface area contributed by atoms with E-state index in [2.05, 4.69) is 38.4 Å².